The molecule has 0 atom stereocenters. The van der Waals surface area contributed by atoms with Crippen molar-refractivity contribution in [3.8, 4) is 0 Å². The predicted octanol–water partition coefficient (Wildman–Crippen LogP) is 4.15. The zero-order valence-electron chi connectivity index (χ0n) is 13.6. The highest BCUT2D eigenvalue weighted by molar-refractivity contribution is 9.11. The van der Waals surface area contributed by atoms with E-state index in [2.05, 4.69) is 31.9 Å². The first-order valence-corrected chi connectivity index (χ1v) is 8.61. The third kappa shape index (κ3) is 3.69. The van der Waals surface area contributed by atoms with Crippen molar-refractivity contribution >= 4 is 49.5 Å². The summed E-state index contributed by atoms with van der Waals surface area (Å²) in [4.78, 5) is 25.9. The van der Waals surface area contributed by atoms with E-state index in [1.165, 1.54) is 25.2 Å². The maximum absolute atomic E-state index is 14.4. The summed E-state index contributed by atoms with van der Waals surface area (Å²) >= 11 is 6.37. The van der Waals surface area contributed by atoms with E-state index in [1.807, 2.05) is 0 Å². The van der Waals surface area contributed by atoms with Gasteiger partial charge < -0.3 is 14.4 Å². The molecule has 0 radical (unpaired) electrons. The molecule has 0 aliphatic carbocycles. The number of carbonyl (C=O) groups is 2. The Hall–Kier alpha value is -1.93. The molecule has 1 aliphatic rings. The van der Waals surface area contributed by atoms with Crippen LogP contribution in [-0.2, 0) is 19.1 Å². The molecular formula is C17H14Br2FNO4. The normalized spacial score (nSPS) is 13.8. The van der Waals surface area contributed by atoms with Crippen LogP contribution in [0.25, 0.3) is 0 Å². The van der Waals surface area contributed by atoms with Gasteiger partial charge in [0.25, 0.3) is 0 Å². The molecule has 1 aromatic carbocycles. The minimum Gasteiger partial charge on any atom is -0.465 e. The van der Waals surface area contributed by atoms with Crippen molar-refractivity contribution in [3.63, 3.8) is 0 Å². The number of esters is 2. The van der Waals surface area contributed by atoms with Gasteiger partial charge in [-0.15, -0.1) is 0 Å². The lowest BCUT2D eigenvalue weighted by molar-refractivity contribution is -0.139. The summed E-state index contributed by atoms with van der Waals surface area (Å²) in [6.45, 7) is 1.75. The Balaban J connectivity index is 2.81. The molecule has 5 nitrogen and oxygen atoms in total. The molecule has 0 bridgehead atoms. The van der Waals surface area contributed by atoms with Crippen LogP contribution in [0.1, 0.15) is 5.56 Å². The van der Waals surface area contributed by atoms with Crippen LogP contribution in [0.2, 0.25) is 0 Å². The summed E-state index contributed by atoms with van der Waals surface area (Å²) in [5.41, 5.74) is 0.943. The predicted molar refractivity (Wildman–Crippen MR) is 98.4 cm³/mol. The van der Waals surface area contributed by atoms with Crippen LogP contribution in [-0.4, -0.2) is 26.2 Å². The van der Waals surface area contributed by atoms with Crippen LogP contribution in [0.3, 0.4) is 0 Å². The van der Waals surface area contributed by atoms with Crippen LogP contribution in [0.5, 0.6) is 0 Å². The van der Waals surface area contributed by atoms with Crippen LogP contribution in [0.15, 0.2) is 50.7 Å². The number of rotatable bonds is 3. The molecule has 0 amide bonds. The van der Waals surface area contributed by atoms with E-state index in [0.29, 0.717) is 11.3 Å². The molecule has 0 saturated heterocycles. The number of aryl methyl sites for hydroxylation is 1. The number of ether oxygens (including phenoxy) is 2. The molecule has 0 N–H and O–H groups in total. The quantitative estimate of drug-likeness (QED) is 0.486. The molecule has 25 heavy (non-hydrogen) atoms. The number of allylic oxidation sites excluding steroid dienone is 2. The third-order valence-electron chi connectivity index (χ3n) is 3.46. The van der Waals surface area contributed by atoms with Crippen LogP contribution >= 0.6 is 31.9 Å². The first-order chi connectivity index (χ1) is 11.8. The van der Waals surface area contributed by atoms with Gasteiger partial charge in [-0.05, 0) is 62.6 Å². The van der Waals surface area contributed by atoms with Gasteiger partial charge in [-0.2, -0.15) is 0 Å². The Morgan fingerprint density at radius 3 is 2.36 bits per heavy atom. The zero-order chi connectivity index (χ0) is 18.7. The molecule has 0 saturated carbocycles. The first-order valence-electron chi connectivity index (χ1n) is 7.02. The van der Waals surface area contributed by atoms with E-state index >= 15 is 0 Å². The number of nitrogens with zero attached hydrogens (tertiary/aromatic N) is 1. The zero-order valence-corrected chi connectivity index (χ0v) is 16.8. The summed E-state index contributed by atoms with van der Waals surface area (Å²) in [5.74, 6) is -2.00. The monoisotopic (exact) mass is 473 g/mol. The van der Waals surface area contributed by atoms with Crippen molar-refractivity contribution in [2.45, 2.75) is 6.92 Å². The van der Waals surface area contributed by atoms with E-state index < -0.39 is 17.8 Å². The minimum atomic E-state index is -0.758. The number of hydrogen-bond donors (Lipinski definition) is 0. The molecule has 132 valence electrons. The summed E-state index contributed by atoms with van der Waals surface area (Å²) < 4.78 is 24.4. The highest BCUT2D eigenvalue weighted by atomic mass is 79.9. The summed E-state index contributed by atoms with van der Waals surface area (Å²) in [7, 11) is 2.41. The molecule has 2 rings (SSSR count). The van der Waals surface area contributed by atoms with Crippen molar-refractivity contribution < 1.29 is 23.5 Å². The lowest BCUT2D eigenvalue weighted by Gasteiger charge is -2.26. The Bertz CT molecular complexity index is 830. The van der Waals surface area contributed by atoms with Gasteiger partial charge in [0, 0.05) is 6.20 Å². The lowest BCUT2D eigenvalue weighted by Crippen LogP contribution is -2.28. The van der Waals surface area contributed by atoms with Gasteiger partial charge in [0.2, 0.25) is 0 Å². The van der Waals surface area contributed by atoms with Gasteiger partial charge in [0.1, 0.15) is 5.70 Å². The highest BCUT2D eigenvalue weighted by Gasteiger charge is 2.30. The maximum atomic E-state index is 14.4. The van der Waals surface area contributed by atoms with E-state index in [9.17, 15) is 14.0 Å². The van der Waals surface area contributed by atoms with E-state index in [1.54, 1.807) is 31.3 Å². The second-order valence-corrected chi connectivity index (χ2v) is 6.62. The first kappa shape index (κ1) is 19.4. The molecule has 0 unspecified atom stereocenters. The Morgan fingerprint density at radius 1 is 1.12 bits per heavy atom. The average molecular weight is 475 g/mol. The average Bonchev–Trinajstić information content (AvgIpc) is 2.81. The number of halogens is 3. The molecule has 1 aliphatic heterocycles. The van der Waals surface area contributed by atoms with Crippen molar-refractivity contribution in [1.82, 2.24) is 0 Å². The number of methoxy groups -OCH3 is 2. The Labute approximate surface area is 161 Å². The molecular weight excluding hydrogens is 461 g/mol. The molecule has 0 aromatic heterocycles. The second-order valence-electron chi connectivity index (χ2n) is 4.97. The molecule has 0 fully saturated rings. The van der Waals surface area contributed by atoms with E-state index in [0.717, 1.165) is 0 Å². The number of anilines is 1. The smallest absolute Gasteiger partial charge is 0.355 e. The summed E-state index contributed by atoms with van der Waals surface area (Å²) in [6.07, 6.45) is 6.17. The minimum absolute atomic E-state index is 0.00558. The molecule has 1 heterocycles. The fourth-order valence-electron chi connectivity index (χ4n) is 2.34. The highest BCUT2D eigenvalue weighted by Crippen LogP contribution is 2.39. The van der Waals surface area contributed by atoms with E-state index in [-0.39, 0.29) is 20.2 Å². The largest absolute Gasteiger partial charge is 0.465 e. The molecule has 0 spiro atoms. The van der Waals surface area contributed by atoms with Gasteiger partial charge in [0.05, 0.1) is 34.4 Å². The third-order valence-corrected chi connectivity index (χ3v) is 4.76. The SMILES string of the molecule is COC(=O)C1=C(C(=O)OC)N(c2c(C)cc(Br)c(F)c2Br)C=CC=C1. The Morgan fingerprint density at radius 2 is 1.76 bits per heavy atom. The summed E-state index contributed by atoms with van der Waals surface area (Å²) in [6, 6.07) is 1.58. The molecule has 8 heteroatoms. The van der Waals surface area contributed by atoms with Gasteiger partial charge >= 0.3 is 11.9 Å². The van der Waals surface area contributed by atoms with Crippen LogP contribution < -0.4 is 4.90 Å². The standard InChI is InChI=1S/C17H14Br2FNO4/c1-9-8-11(18)13(20)12(19)14(9)21-7-5-4-6-10(16(22)24-2)15(21)17(23)25-3/h4-8H,1-3H3. The topological polar surface area (TPSA) is 55.8 Å². The van der Waals surface area contributed by atoms with Gasteiger partial charge in [-0.1, -0.05) is 6.08 Å². The summed E-state index contributed by atoms with van der Waals surface area (Å²) in [5, 5.41) is 0. The fraction of sp³-hybridized carbons (Fsp3) is 0.176. The van der Waals surface area contributed by atoms with Gasteiger partial charge in [-0.3, -0.25) is 0 Å². The van der Waals surface area contributed by atoms with Crippen molar-refractivity contribution in [2.24, 2.45) is 0 Å². The number of carbonyl (C=O) groups excluding carboxylic acids is 2. The second kappa shape index (κ2) is 7.97. The fourth-order valence-corrected chi connectivity index (χ4v) is 3.86. The lowest BCUT2D eigenvalue weighted by atomic mass is 10.1. The van der Waals surface area contributed by atoms with Crippen molar-refractivity contribution in [3.05, 3.63) is 62.1 Å². The number of benzene rings is 1. The van der Waals surface area contributed by atoms with Gasteiger partial charge in [0.15, 0.2) is 5.82 Å². The van der Waals surface area contributed by atoms with Crippen molar-refractivity contribution in [2.75, 3.05) is 19.1 Å². The Kier molecular flexibility index (Phi) is 6.18. The molecule has 1 aromatic rings. The maximum Gasteiger partial charge on any atom is 0.355 e. The van der Waals surface area contributed by atoms with Crippen LogP contribution in [0.4, 0.5) is 10.1 Å². The number of hydrogen-bond acceptors (Lipinski definition) is 5. The van der Waals surface area contributed by atoms with Crippen LogP contribution in [0, 0.1) is 12.7 Å². The van der Waals surface area contributed by atoms with Gasteiger partial charge in [-0.25, -0.2) is 14.0 Å². The van der Waals surface area contributed by atoms with Crippen molar-refractivity contribution in [1.29, 1.82) is 0 Å². The van der Waals surface area contributed by atoms with E-state index in [4.69, 9.17) is 9.47 Å².